The summed E-state index contributed by atoms with van der Waals surface area (Å²) in [5.41, 5.74) is 10.2. The van der Waals surface area contributed by atoms with Crippen LogP contribution in [0.2, 0.25) is 0 Å². The van der Waals surface area contributed by atoms with Crippen LogP contribution >= 0.6 is 0 Å². The summed E-state index contributed by atoms with van der Waals surface area (Å²) in [6.45, 7) is 5.40. The second-order valence-corrected chi connectivity index (χ2v) is 8.98. The van der Waals surface area contributed by atoms with E-state index in [2.05, 4.69) is 116 Å². The van der Waals surface area contributed by atoms with Crippen LogP contribution in [0.1, 0.15) is 30.5 Å². The van der Waals surface area contributed by atoms with Gasteiger partial charge in [0.15, 0.2) is 0 Å². The molecule has 0 N–H and O–H groups in total. The zero-order valence-electron chi connectivity index (χ0n) is 19.0. The third-order valence-electron chi connectivity index (χ3n) is 6.63. The van der Waals surface area contributed by atoms with E-state index in [1.54, 1.807) is 7.11 Å². The van der Waals surface area contributed by atoms with Crippen LogP contribution in [-0.2, 0) is 16.6 Å². The maximum atomic E-state index is 5.24. The standard InChI is InChI=1S/C30H29NO/c1-30(2)28-12-8-7-11-26(28)27-18-17-25(21-29(27)30)31(23-9-5-4-6-10-23)24-15-13-22(14-16-24)19-20-32-3/h4-18,21H,19-20H2,1-3H3. The highest BCUT2D eigenvalue weighted by Crippen LogP contribution is 2.50. The summed E-state index contributed by atoms with van der Waals surface area (Å²) >= 11 is 0. The van der Waals surface area contributed by atoms with Crippen LogP contribution in [0, 0.1) is 0 Å². The van der Waals surface area contributed by atoms with Crippen molar-refractivity contribution in [2.45, 2.75) is 25.7 Å². The van der Waals surface area contributed by atoms with Crippen molar-refractivity contribution in [1.82, 2.24) is 0 Å². The van der Waals surface area contributed by atoms with Crippen molar-refractivity contribution in [3.05, 3.63) is 114 Å². The fourth-order valence-corrected chi connectivity index (χ4v) is 4.89. The Labute approximate surface area is 191 Å². The zero-order chi connectivity index (χ0) is 22.1. The molecule has 0 saturated heterocycles. The van der Waals surface area contributed by atoms with E-state index in [1.807, 2.05) is 0 Å². The summed E-state index contributed by atoms with van der Waals surface area (Å²) in [6.07, 6.45) is 0.924. The molecule has 0 radical (unpaired) electrons. The fourth-order valence-electron chi connectivity index (χ4n) is 4.89. The summed E-state index contributed by atoms with van der Waals surface area (Å²) in [5, 5.41) is 0. The lowest BCUT2D eigenvalue weighted by molar-refractivity contribution is 0.202. The van der Waals surface area contributed by atoms with Gasteiger partial charge in [-0.05, 0) is 70.6 Å². The van der Waals surface area contributed by atoms with Gasteiger partial charge in [0.1, 0.15) is 0 Å². The Hall–Kier alpha value is -3.36. The number of methoxy groups -OCH3 is 1. The number of nitrogens with zero attached hydrogens (tertiary/aromatic N) is 1. The molecule has 1 aliphatic rings. The molecule has 4 aromatic carbocycles. The van der Waals surface area contributed by atoms with Crippen molar-refractivity contribution in [3.8, 4) is 11.1 Å². The summed E-state index contributed by atoms with van der Waals surface area (Å²) in [7, 11) is 1.75. The van der Waals surface area contributed by atoms with Crippen LogP contribution in [0.4, 0.5) is 17.1 Å². The summed E-state index contributed by atoms with van der Waals surface area (Å²) in [5.74, 6) is 0. The minimum Gasteiger partial charge on any atom is -0.384 e. The van der Waals surface area contributed by atoms with Gasteiger partial charge < -0.3 is 9.64 Å². The largest absolute Gasteiger partial charge is 0.384 e. The second-order valence-electron chi connectivity index (χ2n) is 8.98. The van der Waals surface area contributed by atoms with E-state index in [-0.39, 0.29) is 5.41 Å². The first-order valence-corrected chi connectivity index (χ1v) is 11.3. The van der Waals surface area contributed by atoms with Crippen LogP contribution in [0.15, 0.2) is 97.1 Å². The molecule has 0 saturated carbocycles. The first-order chi connectivity index (χ1) is 15.6. The number of hydrogen-bond acceptors (Lipinski definition) is 2. The highest BCUT2D eigenvalue weighted by atomic mass is 16.5. The van der Waals surface area contributed by atoms with E-state index in [1.165, 1.54) is 33.5 Å². The summed E-state index contributed by atoms with van der Waals surface area (Å²) in [4.78, 5) is 2.35. The molecule has 0 fully saturated rings. The van der Waals surface area contributed by atoms with Crippen LogP contribution in [0.5, 0.6) is 0 Å². The SMILES string of the molecule is COCCc1ccc(N(c2ccccc2)c2ccc3c(c2)C(C)(C)c2ccccc2-3)cc1. The number of hydrogen-bond donors (Lipinski definition) is 0. The molecule has 5 rings (SSSR count). The second kappa shape index (κ2) is 8.29. The quantitative estimate of drug-likeness (QED) is 0.318. The van der Waals surface area contributed by atoms with Gasteiger partial charge in [0, 0.05) is 29.6 Å². The molecule has 0 atom stereocenters. The van der Waals surface area contributed by atoms with Crippen molar-refractivity contribution in [2.75, 3.05) is 18.6 Å². The maximum absolute atomic E-state index is 5.24. The zero-order valence-corrected chi connectivity index (χ0v) is 19.0. The molecule has 2 nitrogen and oxygen atoms in total. The Morgan fingerprint density at radius 2 is 1.28 bits per heavy atom. The fraction of sp³-hybridized carbons (Fsp3) is 0.200. The Kier molecular flexibility index (Phi) is 5.32. The Bertz CT molecular complexity index is 1230. The van der Waals surface area contributed by atoms with E-state index >= 15 is 0 Å². The van der Waals surface area contributed by atoms with Crippen LogP contribution < -0.4 is 4.90 Å². The van der Waals surface area contributed by atoms with E-state index < -0.39 is 0 Å². The van der Waals surface area contributed by atoms with Crippen molar-refractivity contribution in [2.24, 2.45) is 0 Å². The Morgan fingerprint density at radius 3 is 2.03 bits per heavy atom. The number of para-hydroxylation sites is 1. The Balaban J connectivity index is 1.60. The molecule has 0 aromatic heterocycles. The van der Waals surface area contributed by atoms with Gasteiger partial charge in [-0.15, -0.1) is 0 Å². The lowest BCUT2D eigenvalue weighted by Crippen LogP contribution is -2.16. The summed E-state index contributed by atoms with van der Waals surface area (Å²) < 4.78 is 5.24. The van der Waals surface area contributed by atoms with Gasteiger partial charge in [0.05, 0.1) is 6.61 Å². The average Bonchev–Trinajstić information content (AvgIpc) is 3.06. The molecular weight excluding hydrogens is 390 g/mol. The van der Waals surface area contributed by atoms with Crippen molar-refractivity contribution >= 4 is 17.1 Å². The van der Waals surface area contributed by atoms with Gasteiger partial charge in [-0.1, -0.05) is 74.5 Å². The van der Waals surface area contributed by atoms with Crippen molar-refractivity contribution < 1.29 is 4.74 Å². The minimum atomic E-state index is -0.0195. The van der Waals surface area contributed by atoms with Gasteiger partial charge in [-0.3, -0.25) is 0 Å². The van der Waals surface area contributed by atoms with E-state index in [4.69, 9.17) is 4.74 Å². The smallest absolute Gasteiger partial charge is 0.0502 e. The molecule has 0 unspecified atom stereocenters. The molecular formula is C30H29NO. The molecule has 0 aliphatic heterocycles. The Morgan fingerprint density at radius 1 is 0.656 bits per heavy atom. The number of fused-ring (bicyclic) bond motifs is 3. The lowest BCUT2D eigenvalue weighted by Gasteiger charge is -2.28. The molecule has 0 amide bonds. The molecule has 0 bridgehead atoms. The van der Waals surface area contributed by atoms with E-state index in [0.29, 0.717) is 0 Å². The molecule has 2 heteroatoms. The molecule has 1 aliphatic carbocycles. The molecule has 32 heavy (non-hydrogen) atoms. The molecule has 0 heterocycles. The predicted molar refractivity (Wildman–Crippen MR) is 134 cm³/mol. The topological polar surface area (TPSA) is 12.5 Å². The van der Waals surface area contributed by atoms with Crippen LogP contribution in [0.25, 0.3) is 11.1 Å². The third-order valence-corrected chi connectivity index (χ3v) is 6.63. The highest BCUT2D eigenvalue weighted by molar-refractivity contribution is 5.85. The normalized spacial score (nSPS) is 13.5. The number of benzene rings is 4. The third kappa shape index (κ3) is 3.51. The van der Waals surface area contributed by atoms with Crippen LogP contribution in [-0.4, -0.2) is 13.7 Å². The van der Waals surface area contributed by atoms with Gasteiger partial charge in [0.25, 0.3) is 0 Å². The van der Waals surface area contributed by atoms with Crippen molar-refractivity contribution in [1.29, 1.82) is 0 Å². The summed E-state index contributed by atoms with van der Waals surface area (Å²) in [6, 6.07) is 35.2. The minimum absolute atomic E-state index is 0.0195. The van der Waals surface area contributed by atoms with Gasteiger partial charge >= 0.3 is 0 Å². The monoisotopic (exact) mass is 419 g/mol. The van der Waals surface area contributed by atoms with Gasteiger partial charge in [-0.25, -0.2) is 0 Å². The number of ether oxygens (including phenoxy) is 1. The van der Waals surface area contributed by atoms with Gasteiger partial charge in [0.2, 0.25) is 0 Å². The molecule has 4 aromatic rings. The number of anilines is 3. The average molecular weight is 420 g/mol. The first-order valence-electron chi connectivity index (χ1n) is 11.3. The van der Waals surface area contributed by atoms with E-state index in [9.17, 15) is 0 Å². The molecule has 0 spiro atoms. The molecule has 160 valence electrons. The lowest BCUT2D eigenvalue weighted by atomic mass is 9.82. The first kappa shape index (κ1) is 20.5. The highest BCUT2D eigenvalue weighted by Gasteiger charge is 2.35. The maximum Gasteiger partial charge on any atom is 0.0502 e. The number of rotatable bonds is 6. The van der Waals surface area contributed by atoms with Gasteiger partial charge in [-0.2, -0.15) is 0 Å². The van der Waals surface area contributed by atoms with Crippen LogP contribution in [0.3, 0.4) is 0 Å². The van der Waals surface area contributed by atoms with E-state index in [0.717, 1.165) is 24.4 Å². The van der Waals surface area contributed by atoms with Crippen molar-refractivity contribution in [3.63, 3.8) is 0 Å². The predicted octanol–water partition coefficient (Wildman–Crippen LogP) is 7.65.